The Morgan fingerprint density at radius 1 is 0.893 bits per heavy atom. The molecule has 1 N–H and O–H groups in total. The molecule has 1 aliphatic heterocycles. The van der Waals surface area contributed by atoms with Crippen molar-refractivity contribution < 1.29 is 4.79 Å². The molecule has 1 saturated heterocycles. The Morgan fingerprint density at radius 2 is 1.50 bits per heavy atom. The maximum atomic E-state index is 12.4. The number of thioether (sulfide) groups is 1. The zero-order valence-corrected chi connectivity index (χ0v) is 15.9. The maximum absolute atomic E-state index is 12.4. The van der Waals surface area contributed by atoms with Gasteiger partial charge in [-0.3, -0.25) is 15.2 Å². The summed E-state index contributed by atoms with van der Waals surface area (Å²) in [7, 11) is 0. The van der Waals surface area contributed by atoms with Crippen molar-refractivity contribution in [2.24, 2.45) is 4.99 Å². The number of nitrogens with zero attached hydrogens (tertiary/aromatic N) is 2. The van der Waals surface area contributed by atoms with Gasteiger partial charge in [-0.25, -0.2) is 4.99 Å². The molecule has 0 aliphatic carbocycles. The summed E-state index contributed by atoms with van der Waals surface area (Å²) in [5.41, 5.74) is 5.99. The van der Waals surface area contributed by atoms with Crippen molar-refractivity contribution in [2.45, 2.75) is 5.37 Å². The van der Waals surface area contributed by atoms with Crippen molar-refractivity contribution in [3.8, 4) is 0 Å². The standard InChI is InChI=1S/C23H19N3OS/c27-21(18-10-4-1-5-11-18)16-17-26-22(19-12-6-2-7-13-19)28-23(25-26)24-20-14-8-3-9-15-20/h1-17,22H,(H,24,25)/b17-16+. The van der Waals surface area contributed by atoms with Crippen molar-refractivity contribution in [3.05, 3.63) is 114 Å². The molecule has 0 bridgehead atoms. The number of para-hydroxylation sites is 1. The fraction of sp³-hybridized carbons (Fsp3) is 0.0435. The first-order valence-electron chi connectivity index (χ1n) is 8.97. The maximum Gasteiger partial charge on any atom is 0.187 e. The van der Waals surface area contributed by atoms with E-state index in [2.05, 4.69) is 22.6 Å². The second-order valence-corrected chi connectivity index (χ2v) is 7.27. The third kappa shape index (κ3) is 4.32. The van der Waals surface area contributed by atoms with Crippen LogP contribution in [0.2, 0.25) is 0 Å². The number of hydrazine groups is 1. The normalized spacial score (nSPS) is 17.8. The molecule has 0 amide bonds. The highest BCUT2D eigenvalue weighted by atomic mass is 32.2. The summed E-state index contributed by atoms with van der Waals surface area (Å²) < 4.78 is 0. The first-order valence-corrected chi connectivity index (χ1v) is 9.85. The fourth-order valence-corrected chi connectivity index (χ4v) is 3.89. The number of amidine groups is 1. The van der Waals surface area contributed by atoms with Gasteiger partial charge < -0.3 is 0 Å². The molecule has 138 valence electrons. The van der Waals surface area contributed by atoms with E-state index in [1.165, 1.54) is 0 Å². The smallest absolute Gasteiger partial charge is 0.187 e. The minimum Gasteiger partial charge on any atom is -0.289 e. The number of carbonyl (C=O) groups excluding carboxylic acids is 1. The van der Waals surface area contributed by atoms with Crippen molar-refractivity contribution in [1.29, 1.82) is 0 Å². The van der Waals surface area contributed by atoms with E-state index in [0.29, 0.717) is 5.56 Å². The molecule has 4 nitrogen and oxygen atoms in total. The zero-order chi connectivity index (χ0) is 19.2. The average molecular weight is 385 g/mol. The molecule has 4 rings (SSSR count). The predicted molar refractivity (Wildman–Crippen MR) is 115 cm³/mol. The van der Waals surface area contributed by atoms with Crippen LogP contribution in [0.1, 0.15) is 21.3 Å². The topological polar surface area (TPSA) is 44.7 Å². The quantitative estimate of drug-likeness (QED) is 0.477. The van der Waals surface area contributed by atoms with Crippen molar-refractivity contribution >= 4 is 28.4 Å². The number of ketones is 1. The summed E-state index contributed by atoms with van der Waals surface area (Å²) in [6, 6.07) is 29.2. The highest BCUT2D eigenvalue weighted by molar-refractivity contribution is 8.14. The molecule has 1 unspecified atom stereocenters. The van der Waals surface area contributed by atoms with Crippen LogP contribution in [0.25, 0.3) is 0 Å². The highest BCUT2D eigenvalue weighted by Crippen LogP contribution is 2.38. The molecule has 1 atom stereocenters. The van der Waals surface area contributed by atoms with Crippen LogP contribution < -0.4 is 5.43 Å². The lowest BCUT2D eigenvalue weighted by Crippen LogP contribution is -2.30. The van der Waals surface area contributed by atoms with Gasteiger partial charge in [-0.15, -0.1) is 0 Å². The number of aliphatic imine (C=N–C) groups is 1. The van der Waals surface area contributed by atoms with Gasteiger partial charge in [-0.05, 0) is 17.7 Å². The van der Waals surface area contributed by atoms with Gasteiger partial charge in [0, 0.05) is 17.8 Å². The molecule has 1 fully saturated rings. The summed E-state index contributed by atoms with van der Waals surface area (Å²) in [6.07, 6.45) is 3.37. The van der Waals surface area contributed by atoms with Gasteiger partial charge in [0.25, 0.3) is 0 Å². The summed E-state index contributed by atoms with van der Waals surface area (Å²) in [6.45, 7) is 0. The van der Waals surface area contributed by atoms with E-state index >= 15 is 0 Å². The zero-order valence-electron chi connectivity index (χ0n) is 15.1. The molecular formula is C23H19N3OS. The molecule has 28 heavy (non-hydrogen) atoms. The Bertz CT molecular complexity index is 988. The third-order valence-electron chi connectivity index (χ3n) is 4.22. The third-order valence-corrected chi connectivity index (χ3v) is 5.35. The number of carbonyl (C=O) groups is 1. The number of benzene rings is 3. The van der Waals surface area contributed by atoms with Gasteiger partial charge in [0.2, 0.25) is 0 Å². The van der Waals surface area contributed by atoms with Crippen LogP contribution in [0, 0.1) is 0 Å². The van der Waals surface area contributed by atoms with Crippen molar-refractivity contribution in [2.75, 3.05) is 0 Å². The van der Waals surface area contributed by atoms with Crippen LogP contribution in [0.5, 0.6) is 0 Å². The van der Waals surface area contributed by atoms with Gasteiger partial charge >= 0.3 is 0 Å². The van der Waals surface area contributed by atoms with E-state index in [1.54, 1.807) is 24.0 Å². The largest absolute Gasteiger partial charge is 0.289 e. The van der Waals surface area contributed by atoms with E-state index in [0.717, 1.165) is 16.4 Å². The van der Waals surface area contributed by atoms with Crippen LogP contribution in [0.4, 0.5) is 5.69 Å². The Hall–Kier alpha value is -3.31. The van der Waals surface area contributed by atoms with Gasteiger partial charge in [0.05, 0.1) is 5.69 Å². The van der Waals surface area contributed by atoms with E-state index in [-0.39, 0.29) is 11.2 Å². The number of hydrogen-bond donors (Lipinski definition) is 1. The summed E-state index contributed by atoms with van der Waals surface area (Å²) in [5.74, 6) is -0.0346. The molecule has 5 heteroatoms. The lowest BCUT2D eigenvalue weighted by molar-refractivity contribution is 0.104. The van der Waals surface area contributed by atoms with Crippen LogP contribution in [0.3, 0.4) is 0 Å². The Labute approximate surface area is 168 Å². The van der Waals surface area contributed by atoms with Gasteiger partial charge in [0.15, 0.2) is 11.0 Å². The molecule has 0 saturated carbocycles. The van der Waals surface area contributed by atoms with E-state index in [9.17, 15) is 4.79 Å². The molecule has 0 radical (unpaired) electrons. The van der Waals surface area contributed by atoms with Gasteiger partial charge in [-0.1, -0.05) is 90.6 Å². The second kappa shape index (κ2) is 8.59. The Kier molecular flexibility index (Phi) is 5.54. The Balaban J connectivity index is 1.58. The predicted octanol–water partition coefficient (Wildman–Crippen LogP) is 5.32. The summed E-state index contributed by atoms with van der Waals surface area (Å²) >= 11 is 1.62. The molecule has 3 aromatic rings. The minimum atomic E-state index is -0.0346. The second-order valence-electron chi connectivity index (χ2n) is 6.20. The monoisotopic (exact) mass is 385 g/mol. The van der Waals surface area contributed by atoms with Crippen LogP contribution in [-0.2, 0) is 0 Å². The van der Waals surface area contributed by atoms with E-state index in [4.69, 9.17) is 0 Å². The minimum absolute atomic E-state index is 0.0107. The summed E-state index contributed by atoms with van der Waals surface area (Å²) in [4.78, 5) is 17.1. The van der Waals surface area contributed by atoms with E-state index in [1.807, 2.05) is 83.9 Å². The van der Waals surface area contributed by atoms with Crippen LogP contribution in [0.15, 0.2) is 108 Å². The fourth-order valence-electron chi connectivity index (χ4n) is 2.84. The van der Waals surface area contributed by atoms with Gasteiger partial charge in [-0.2, -0.15) is 0 Å². The van der Waals surface area contributed by atoms with Crippen LogP contribution >= 0.6 is 11.8 Å². The SMILES string of the molecule is O=C(/C=C/N1NC(=Nc2ccccc2)SC1c1ccccc1)c1ccccc1. The Morgan fingerprint density at radius 3 is 2.18 bits per heavy atom. The molecular weight excluding hydrogens is 366 g/mol. The van der Waals surface area contributed by atoms with Crippen LogP contribution in [-0.4, -0.2) is 16.0 Å². The van der Waals surface area contributed by atoms with Crippen molar-refractivity contribution in [3.63, 3.8) is 0 Å². The highest BCUT2D eigenvalue weighted by Gasteiger charge is 2.29. The average Bonchev–Trinajstić information content (AvgIpc) is 3.16. The first kappa shape index (κ1) is 18.1. The molecule has 1 heterocycles. The molecule has 0 aromatic heterocycles. The molecule has 0 spiro atoms. The number of hydrogen-bond acceptors (Lipinski definition) is 4. The molecule has 1 aliphatic rings. The summed E-state index contributed by atoms with van der Waals surface area (Å²) in [5, 5.41) is 2.70. The number of allylic oxidation sites excluding steroid dienone is 1. The number of rotatable bonds is 5. The lowest BCUT2D eigenvalue weighted by Gasteiger charge is -2.20. The van der Waals surface area contributed by atoms with E-state index < -0.39 is 0 Å². The first-order chi connectivity index (χ1) is 13.8. The van der Waals surface area contributed by atoms with Crippen molar-refractivity contribution in [1.82, 2.24) is 10.4 Å². The van der Waals surface area contributed by atoms with Gasteiger partial charge in [0.1, 0.15) is 5.37 Å². The lowest BCUT2D eigenvalue weighted by atomic mass is 10.1. The molecule has 3 aromatic carbocycles. The number of nitrogens with one attached hydrogen (secondary N) is 1.